The monoisotopic (exact) mass is 419 g/mol. The van der Waals surface area contributed by atoms with Gasteiger partial charge in [-0.05, 0) is 30.2 Å². The van der Waals surface area contributed by atoms with Gasteiger partial charge >= 0.3 is 12.1 Å². The van der Waals surface area contributed by atoms with Crippen LogP contribution in [-0.4, -0.2) is 40.7 Å². The third-order valence-electron chi connectivity index (χ3n) is 3.81. The van der Waals surface area contributed by atoms with Crippen LogP contribution in [0.1, 0.15) is 6.42 Å². The van der Waals surface area contributed by atoms with Gasteiger partial charge in [0.2, 0.25) is 5.91 Å². The lowest BCUT2D eigenvalue weighted by atomic mass is 10.1. The van der Waals surface area contributed by atoms with E-state index >= 15 is 0 Å². The highest BCUT2D eigenvalue weighted by Crippen LogP contribution is 2.31. The molecule has 1 saturated heterocycles. The SMILES string of the molecule is N[C@H]1CCN(c2ccc(-c3ccncc3Cl)cc2F)C1=O.O=C(O)C(F)(F)F. The van der Waals surface area contributed by atoms with E-state index in [0.29, 0.717) is 29.1 Å². The number of anilines is 1. The number of nitrogens with two attached hydrogens (primary N) is 1. The molecule has 1 aliphatic rings. The first-order valence-electron chi connectivity index (χ1n) is 7.79. The van der Waals surface area contributed by atoms with Gasteiger partial charge in [0.15, 0.2) is 0 Å². The van der Waals surface area contributed by atoms with E-state index in [0.717, 1.165) is 0 Å². The number of carbonyl (C=O) groups excluding carboxylic acids is 1. The van der Waals surface area contributed by atoms with Crippen molar-refractivity contribution in [3.05, 3.63) is 47.5 Å². The summed E-state index contributed by atoms with van der Waals surface area (Å²) in [4.78, 5) is 26.1. The molecule has 0 saturated carbocycles. The van der Waals surface area contributed by atoms with Crippen molar-refractivity contribution in [2.24, 2.45) is 5.73 Å². The molecule has 2 heterocycles. The van der Waals surface area contributed by atoms with Crippen LogP contribution in [-0.2, 0) is 9.59 Å². The molecule has 6 nitrogen and oxygen atoms in total. The molecule has 1 aliphatic heterocycles. The molecule has 3 N–H and O–H groups in total. The van der Waals surface area contributed by atoms with Crippen LogP contribution in [0.4, 0.5) is 23.2 Å². The molecule has 11 heteroatoms. The lowest BCUT2D eigenvalue weighted by Crippen LogP contribution is -2.34. The molecule has 1 fully saturated rings. The van der Waals surface area contributed by atoms with Gasteiger partial charge in [0.05, 0.1) is 16.8 Å². The van der Waals surface area contributed by atoms with Crippen LogP contribution in [0.25, 0.3) is 11.1 Å². The molecule has 3 rings (SSSR count). The summed E-state index contributed by atoms with van der Waals surface area (Å²) in [6.45, 7) is 0.437. The molecule has 0 spiro atoms. The molecule has 1 atom stereocenters. The van der Waals surface area contributed by atoms with Gasteiger partial charge in [-0.25, -0.2) is 9.18 Å². The maximum atomic E-state index is 14.3. The van der Waals surface area contributed by atoms with E-state index in [1.165, 1.54) is 17.2 Å². The van der Waals surface area contributed by atoms with E-state index in [4.69, 9.17) is 27.2 Å². The van der Waals surface area contributed by atoms with Crippen molar-refractivity contribution < 1.29 is 32.3 Å². The van der Waals surface area contributed by atoms with Gasteiger partial charge in [-0.2, -0.15) is 13.2 Å². The number of aromatic nitrogens is 1. The summed E-state index contributed by atoms with van der Waals surface area (Å²) < 4.78 is 46.1. The lowest BCUT2D eigenvalue weighted by molar-refractivity contribution is -0.192. The largest absolute Gasteiger partial charge is 0.490 e. The number of hydrogen-bond donors (Lipinski definition) is 2. The highest BCUT2D eigenvalue weighted by Gasteiger charge is 2.38. The maximum Gasteiger partial charge on any atom is 0.490 e. The van der Waals surface area contributed by atoms with Gasteiger partial charge in [-0.15, -0.1) is 0 Å². The van der Waals surface area contributed by atoms with Crippen LogP contribution in [0.15, 0.2) is 36.7 Å². The highest BCUT2D eigenvalue weighted by molar-refractivity contribution is 6.33. The van der Waals surface area contributed by atoms with E-state index < -0.39 is 24.0 Å². The van der Waals surface area contributed by atoms with Crippen molar-refractivity contribution >= 4 is 29.2 Å². The van der Waals surface area contributed by atoms with Gasteiger partial charge in [0.1, 0.15) is 5.82 Å². The number of alkyl halides is 3. The minimum atomic E-state index is -5.08. The average molecular weight is 420 g/mol. The number of amides is 1. The Bertz CT molecular complexity index is 892. The normalized spacial score (nSPS) is 16.6. The Morgan fingerprint density at radius 3 is 2.43 bits per heavy atom. The Kier molecular flexibility index (Phi) is 6.57. The number of nitrogens with zero attached hydrogens (tertiary/aromatic N) is 2. The van der Waals surface area contributed by atoms with Crippen LogP contribution >= 0.6 is 11.6 Å². The van der Waals surface area contributed by atoms with Crippen molar-refractivity contribution in [3.8, 4) is 11.1 Å². The summed E-state index contributed by atoms with van der Waals surface area (Å²) >= 11 is 6.05. The molecule has 1 amide bonds. The summed E-state index contributed by atoms with van der Waals surface area (Å²) in [5.74, 6) is -3.47. The van der Waals surface area contributed by atoms with Crippen LogP contribution in [0.3, 0.4) is 0 Å². The standard InChI is InChI=1S/C15H13ClFN3O.C2HF3O2/c16-11-8-19-5-3-10(11)9-1-2-14(12(17)7-9)20-6-4-13(18)15(20)21;3-2(4,5)1(6)7/h1-3,5,7-8,13H,4,6,18H2;(H,6,7)/t13-;/m0./s1. The van der Waals surface area contributed by atoms with Gasteiger partial charge in [0, 0.05) is 24.5 Å². The third-order valence-corrected chi connectivity index (χ3v) is 4.11. The number of hydrogen-bond acceptors (Lipinski definition) is 4. The molecule has 0 radical (unpaired) electrons. The van der Waals surface area contributed by atoms with E-state index in [9.17, 15) is 22.4 Å². The zero-order valence-corrected chi connectivity index (χ0v) is 14.8. The van der Waals surface area contributed by atoms with Crippen molar-refractivity contribution in [2.75, 3.05) is 11.4 Å². The molecule has 28 heavy (non-hydrogen) atoms. The second kappa shape index (κ2) is 8.53. The summed E-state index contributed by atoms with van der Waals surface area (Å²) in [5, 5.41) is 7.57. The Labute approximate surface area is 161 Å². The summed E-state index contributed by atoms with van der Waals surface area (Å²) in [6.07, 6.45) is -1.45. The molecule has 1 aromatic heterocycles. The molecule has 1 aromatic carbocycles. The van der Waals surface area contributed by atoms with Crippen LogP contribution in [0, 0.1) is 5.82 Å². The smallest absolute Gasteiger partial charge is 0.475 e. The van der Waals surface area contributed by atoms with E-state index in [1.54, 1.807) is 24.4 Å². The lowest BCUT2D eigenvalue weighted by Gasteiger charge is -2.17. The fourth-order valence-corrected chi connectivity index (χ4v) is 2.67. The third kappa shape index (κ3) is 4.96. The van der Waals surface area contributed by atoms with Gasteiger partial charge in [-0.1, -0.05) is 17.7 Å². The minimum absolute atomic E-state index is 0.247. The molecule has 0 aliphatic carbocycles. The van der Waals surface area contributed by atoms with E-state index in [1.807, 2.05) is 0 Å². The van der Waals surface area contributed by atoms with E-state index in [-0.39, 0.29) is 11.6 Å². The highest BCUT2D eigenvalue weighted by atomic mass is 35.5. The first kappa shape index (κ1) is 21.6. The quantitative estimate of drug-likeness (QED) is 0.728. The number of carboxylic acid groups (broad SMARTS) is 1. The summed E-state index contributed by atoms with van der Waals surface area (Å²) in [6, 6.07) is 5.86. The van der Waals surface area contributed by atoms with Crippen molar-refractivity contribution in [3.63, 3.8) is 0 Å². The Morgan fingerprint density at radius 1 is 1.32 bits per heavy atom. The van der Waals surface area contributed by atoms with Crippen molar-refractivity contribution in [1.82, 2.24) is 4.98 Å². The summed E-state index contributed by atoms with van der Waals surface area (Å²) in [5.41, 5.74) is 7.24. The second-order valence-electron chi connectivity index (χ2n) is 5.71. The fourth-order valence-electron chi connectivity index (χ4n) is 2.44. The molecule has 2 aromatic rings. The minimum Gasteiger partial charge on any atom is -0.475 e. The predicted octanol–water partition coefficient (Wildman–Crippen LogP) is 3.24. The fraction of sp³-hybridized carbons (Fsp3) is 0.235. The molecule has 0 unspecified atom stereocenters. The average Bonchev–Trinajstić information content (AvgIpc) is 2.94. The molecule has 0 bridgehead atoms. The topological polar surface area (TPSA) is 96.5 Å². The number of carboxylic acids is 1. The van der Waals surface area contributed by atoms with Gasteiger partial charge < -0.3 is 15.7 Å². The summed E-state index contributed by atoms with van der Waals surface area (Å²) in [7, 11) is 0. The molecular weight excluding hydrogens is 406 g/mol. The second-order valence-corrected chi connectivity index (χ2v) is 6.12. The van der Waals surface area contributed by atoms with Crippen LogP contribution in [0.5, 0.6) is 0 Å². The van der Waals surface area contributed by atoms with Crippen molar-refractivity contribution in [1.29, 1.82) is 0 Å². The number of halogens is 5. The zero-order chi connectivity index (χ0) is 21.1. The molecular formula is C17H14ClF4N3O3. The number of pyridine rings is 1. The van der Waals surface area contributed by atoms with E-state index in [2.05, 4.69) is 4.98 Å². The molecule has 150 valence electrons. The number of carbonyl (C=O) groups is 2. The Morgan fingerprint density at radius 2 is 1.96 bits per heavy atom. The first-order valence-corrected chi connectivity index (χ1v) is 8.16. The first-order chi connectivity index (χ1) is 13.0. The maximum absolute atomic E-state index is 14.3. The Hall–Kier alpha value is -2.72. The number of aliphatic carboxylic acids is 1. The number of benzene rings is 1. The van der Waals surface area contributed by atoms with Gasteiger partial charge in [0.25, 0.3) is 0 Å². The van der Waals surface area contributed by atoms with Crippen LogP contribution < -0.4 is 10.6 Å². The Balaban J connectivity index is 0.000000345. The van der Waals surface area contributed by atoms with Crippen LogP contribution in [0.2, 0.25) is 5.02 Å². The predicted molar refractivity (Wildman–Crippen MR) is 93.3 cm³/mol. The zero-order valence-electron chi connectivity index (χ0n) is 14.1. The van der Waals surface area contributed by atoms with Crippen molar-refractivity contribution in [2.45, 2.75) is 18.6 Å². The number of rotatable bonds is 2. The van der Waals surface area contributed by atoms with Gasteiger partial charge in [-0.3, -0.25) is 9.78 Å².